The van der Waals surface area contributed by atoms with Crippen LogP contribution in [0.3, 0.4) is 0 Å². The van der Waals surface area contributed by atoms with Crippen LogP contribution >= 0.6 is 0 Å². The topological polar surface area (TPSA) is 94.6 Å². The van der Waals surface area contributed by atoms with Crippen molar-refractivity contribution in [3.05, 3.63) is 59.8 Å². The first-order valence-electron chi connectivity index (χ1n) is 8.26. The predicted molar refractivity (Wildman–Crippen MR) is 103 cm³/mol. The molecular formula is C19H15N7. The molecule has 0 fully saturated rings. The van der Waals surface area contributed by atoms with E-state index in [1.54, 1.807) is 6.21 Å². The standard InChI is InChI=1S/C19H15N7/c1-11-6-7-16-14(8-11)17-18(22-16)23-19(26-24-17)25-21-10-12-9-20-15-5-3-2-4-13(12)15/h2-10,20H,1H3,(H2,22,23,25,26)/b21-10+. The molecule has 5 rings (SSSR count). The fourth-order valence-corrected chi connectivity index (χ4v) is 3.09. The first kappa shape index (κ1) is 14.6. The van der Waals surface area contributed by atoms with Crippen molar-refractivity contribution in [3.63, 3.8) is 0 Å². The lowest BCUT2D eigenvalue weighted by molar-refractivity contribution is 1.01. The Morgan fingerprint density at radius 2 is 1.96 bits per heavy atom. The van der Waals surface area contributed by atoms with Crippen LogP contribution < -0.4 is 5.43 Å². The lowest BCUT2D eigenvalue weighted by Crippen LogP contribution is -1.98. The summed E-state index contributed by atoms with van der Waals surface area (Å²) in [5, 5.41) is 14.8. The number of hydrazone groups is 1. The van der Waals surface area contributed by atoms with Crippen LogP contribution in [0.5, 0.6) is 0 Å². The Balaban J connectivity index is 1.45. The normalized spacial score (nSPS) is 11.9. The predicted octanol–water partition coefficient (Wildman–Crippen LogP) is 3.74. The summed E-state index contributed by atoms with van der Waals surface area (Å²) >= 11 is 0. The number of anilines is 1. The summed E-state index contributed by atoms with van der Waals surface area (Å²) < 4.78 is 0. The number of nitrogens with one attached hydrogen (secondary N) is 3. The first-order chi connectivity index (χ1) is 12.8. The molecule has 0 spiro atoms. The van der Waals surface area contributed by atoms with Gasteiger partial charge in [0.2, 0.25) is 0 Å². The summed E-state index contributed by atoms with van der Waals surface area (Å²) in [7, 11) is 0. The third-order valence-electron chi connectivity index (χ3n) is 4.36. The van der Waals surface area contributed by atoms with Gasteiger partial charge in [0.05, 0.1) is 6.21 Å². The summed E-state index contributed by atoms with van der Waals surface area (Å²) in [6.07, 6.45) is 3.65. The number of aryl methyl sites for hydroxylation is 1. The van der Waals surface area contributed by atoms with Crippen molar-refractivity contribution in [2.45, 2.75) is 6.92 Å². The van der Waals surface area contributed by atoms with E-state index in [0.29, 0.717) is 11.6 Å². The maximum absolute atomic E-state index is 4.46. The molecule has 2 aromatic carbocycles. The maximum Gasteiger partial charge on any atom is 0.265 e. The van der Waals surface area contributed by atoms with E-state index in [4.69, 9.17) is 0 Å². The molecule has 126 valence electrons. The minimum Gasteiger partial charge on any atom is -0.361 e. The van der Waals surface area contributed by atoms with Crippen molar-refractivity contribution in [2.75, 3.05) is 5.43 Å². The highest BCUT2D eigenvalue weighted by Gasteiger charge is 2.09. The lowest BCUT2D eigenvalue weighted by Gasteiger charge is -1.97. The van der Waals surface area contributed by atoms with Gasteiger partial charge in [-0.2, -0.15) is 10.1 Å². The van der Waals surface area contributed by atoms with Gasteiger partial charge in [0, 0.05) is 33.6 Å². The largest absolute Gasteiger partial charge is 0.361 e. The summed E-state index contributed by atoms with van der Waals surface area (Å²) in [4.78, 5) is 10.9. The molecule has 3 aromatic heterocycles. The van der Waals surface area contributed by atoms with Crippen molar-refractivity contribution in [1.82, 2.24) is 25.1 Å². The van der Waals surface area contributed by atoms with Crippen LogP contribution in [0.1, 0.15) is 11.1 Å². The lowest BCUT2D eigenvalue weighted by atomic mass is 10.2. The maximum atomic E-state index is 4.46. The molecule has 0 saturated carbocycles. The van der Waals surface area contributed by atoms with Crippen molar-refractivity contribution in [3.8, 4) is 0 Å². The fraction of sp³-hybridized carbons (Fsp3) is 0.0526. The second kappa shape index (κ2) is 5.66. The highest BCUT2D eigenvalue weighted by Crippen LogP contribution is 2.23. The van der Waals surface area contributed by atoms with Crippen LogP contribution in [0.25, 0.3) is 33.0 Å². The molecule has 0 amide bonds. The quantitative estimate of drug-likeness (QED) is 0.344. The van der Waals surface area contributed by atoms with Crippen LogP contribution in [0.2, 0.25) is 0 Å². The zero-order valence-corrected chi connectivity index (χ0v) is 14.0. The second-order valence-corrected chi connectivity index (χ2v) is 6.17. The minimum atomic E-state index is 0.344. The number of aromatic nitrogens is 5. The summed E-state index contributed by atoms with van der Waals surface area (Å²) in [6.45, 7) is 2.05. The van der Waals surface area contributed by atoms with E-state index < -0.39 is 0 Å². The average molecular weight is 341 g/mol. The monoisotopic (exact) mass is 341 g/mol. The smallest absolute Gasteiger partial charge is 0.265 e. The van der Waals surface area contributed by atoms with Crippen molar-refractivity contribution < 1.29 is 0 Å². The van der Waals surface area contributed by atoms with Crippen LogP contribution in [-0.2, 0) is 0 Å². The van der Waals surface area contributed by atoms with Crippen LogP contribution in [0, 0.1) is 6.92 Å². The number of nitrogens with zero attached hydrogens (tertiary/aromatic N) is 4. The third-order valence-corrected chi connectivity index (χ3v) is 4.36. The van der Waals surface area contributed by atoms with Gasteiger partial charge in [-0.3, -0.25) is 0 Å². The van der Waals surface area contributed by atoms with Gasteiger partial charge in [0.1, 0.15) is 5.52 Å². The van der Waals surface area contributed by atoms with Gasteiger partial charge < -0.3 is 9.97 Å². The molecule has 5 aromatic rings. The second-order valence-electron chi connectivity index (χ2n) is 6.17. The molecule has 0 aliphatic rings. The van der Waals surface area contributed by atoms with E-state index in [-0.39, 0.29) is 0 Å². The molecule has 26 heavy (non-hydrogen) atoms. The van der Waals surface area contributed by atoms with Gasteiger partial charge >= 0.3 is 0 Å². The molecule has 0 bridgehead atoms. The van der Waals surface area contributed by atoms with Crippen molar-refractivity contribution >= 4 is 45.1 Å². The van der Waals surface area contributed by atoms with Crippen LogP contribution in [0.15, 0.2) is 53.8 Å². The molecule has 7 nitrogen and oxygen atoms in total. The molecule has 0 radical (unpaired) electrons. The molecule has 0 aliphatic carbocycles. The number of rotatable bonds is 3. The average Bonchev–Trinajstić information content (AvgIpc) is 3.23. The molecule has 7 heteroatoms. The number of hydrogen-bond acceptors (Lipinski definition) is 5. The highest BCUT2D eigenvalue weighted by atomic mass is 15.4. The van der Waals surface area contributed by atoms with Gasteiger partial charge in [0.15, 0.2) is 5.65 Å². The van der Waals surface area contributed by atoms with E-state index in [0.717, 1.165) is 32.9 Å². The van der Waals surface area contributed by atoms with Crippen molar-refractivity contribution in [1.29, 1.82) is 0 Å². The van der Waals surface area contributed by atoms with Gasteiger partial charge in [-0.1, -0.05) is 29.8 Å². The van der Waals surface area contributed by atoms with Crippen LogP contribution in [-0.4, -0.2) is 31.4 Å². The Bertz CT molecular complexity index is 1280. The number of H-pyrrole nitrogens is 2. The van der Waals surface area contributed by atoms with Crippen LogP contribution in [0.4, 0.5) is 5.95 Å². The molecule has 0 aliphatic heterocycles. The number of fused-ring (bicyclic) bond motifs is 4. The molecule has 0 atom stereocenters. The number of para-hydroxylation sites is 1. The third kappa shape index (κ3) is 2.37. The SMILES string of the molecule is Cc1ccc2[nH]c3nc(N/N=C/c4c[nH]c5ccccc45)nnc3c2c1. The van der Waals surface area contributed by atoms with Gasteiger partial charge in [-0.15, -0.1) is 10.2 Å². The molecule has 0 unspecified atom stereocenters. The zero-order valence-electron chi connectivity index (χ0n) is 14.0. The number of aromatic amines is 2. The van der Waals surface area contributed by atoms with E-state index in [9.17, 15) is 0 Å². The zero-order chi connectivity index (χ0) is 17.5. The van der Waals surface area contributed by atoms with Gasteiger partial charge in [0.25, 0.3) is 5.95 Å². The Morgan fingerprint density at radius 1 is 1.04 bits per heavy atom. The minimum absolute atomic E-state index is 0.344. The van der Waals surface area contributed by atoms with E-state index in [1.165, 1.54) is 5.56 Å². The Hall–Kier alpha value is -3.74. The molecule has 3 N–H and O–H groups in total. The summed E-state index contributed by atoms with van der Waals surface area (Å²) in [5.74, 6) is 0.344. The first-order valence-corrected chi connectivity index (χ1v) is 8.26. The van der Waals surface area contributed by atoms with E-state index >= 15 is 0 Å². The Kier molecular flexibility index (Phi) is 3.18. The Morgan fingerprint density at radius 3 is 2.92 bits per heavy atom. The summed E-state index contributed by atoms with van der Waals surface area (Å²) in [6, 6.07) is 14.2. The summed E-state index contributed by atoms with van der Waals surface area (Å²) in [5.41, 5.74) is 8.52. The highest BCUT2D eigenvalue weighted by molar-refractivity contribution is 6.03. The number of benzene rings is 2. The fourth-order valence-electron chi connectivity index (χ4n) is 3.09. The van der Waals surface area contributed by atoms with E-state index in [2.05, 4.69) is 54.7 Å². The van der Waals surface area contributed by atoms with Gasteiger partial charge in [-0.25, -0.2) is 5.43 Å². The van der Waals surface area contributed by atoms with Crippen molar-refractivity contribution in [2.24, 2.45) is 5.10 Å². The van der Waals surface area contributed by atoms with Gasteiger partial charge in [-0.05, 0) is 25.1 Å². The molecule has 3 heterocycles. The Labute approximate surface area is 148 Å². The number of hydrogen-bond donors (Lipinski definition) is 3. The molecule has 0 saturated heterocycles. The molecular weight excluding hydrogens is 326 g/mol. The van der Waals surface area contributed by atoms with E-state index in [1.807, 2.05) is 36.5 Å².